The van der Waals surface area contributed by atoms with Crippen LogP contribution in [0.1, 0.15) is 34.5 Å². The minimum atomic E-state index is -0.318. The van der Waals surface area contributed by atoms with E-state index in [0.717, 1.165) is 43.7 Å². The zero-order chi connectivity index (χ0) is 20.9. The van der Waals surface area contributed by atoms with E-state index < -0.39 is 0 Å². The molecule has 3 aromatic rings. The Morgan fingerprint density at radius 3 is 2.50 bits per heavy atom. The summed E-state index contributed by atoms with van der Waals surface area (Å²) in [6.07, 6.45) is 3.39. The Balaban J connectivity index is 1.33. The molecule has 1 amide bonds. The average Bonchev–Trinajstić information content (AvgIpc) is 2.77. The van der Waals surface area contributed by atoms with Gasteiger partial charge in [-0.1, -0.05) is 48.0 Å². The molecule has 0 radical (unpaired) electrons. The number of nitrogens with zero attached hydrogens (tertiary/aromatic N) is 3. The highest BCUT2D eigenvalue weighted by atomic mass is 35.5. The number of hydrogen-bond acceptors (Lipinski definition) is 4. The molecule has 1 aliphatic rings. The zero-order valence-corrected chi connectivity index (χ0v) is 17.8. The van der Waals surface area contributed by atoms with Crippen LogP contribution in [-0.4, -0.2) is 29.2 Å². The van der Waals surface area contributed by atoms with Crippen molar-refractivity contribution in [3.63, 3.8) is 0 Å². The Morgan fingerprint density at radius 2 is 1.83 bits per heavy atom. The summed E-state index contributed by atoms with van der Waals surface area (Å²) in [6, 6.07) is 19.8. The van der Waals surface area contributed by atoms with E-state index in [1.165, 1.54) is 5.56 Å². The number of piperidine rings is 1. The van der Waals surface area contributed by atoms with E-state index in [9.17, 15) is 4.79 Å². The second-order valence-corrected chi connectivity index (χ2v) is 8.24. The lowest BCUT2D eigenvalue weighted by molar-refractivity contribution is 0.102. The van der Waals surface area contributed by atoms with E-state index in [4.69, 9.17) is 11.6 Å². The van der Waals surface area contributed by atoms with E-state index in [2.05, 4.69) is 50.7 Å². The highest BCUT2D eigenvalue weighted by Gasteiger charge is 2.21. The smallest absolute Gasteiger partial charge is 0.276 e. The molecule has 0 saturated carbocycles. The molecule has 0 spiro atoms. The standard InChI is InChI=1S/C24H25ClN4O/c1-17-7-8-21(20(25)15-17)26-24(30)22-9-10-23(28-27-22)29-13-11-19(12-14-29)16-18-5-3-2-4-6-18/h2-10,15,19H,11-14,16H2,1H3,(H,26,30). The summed E-state index contributed by atoms with van der Waals surface area (Å²) in [4.78, 5) is 14.7. The third kappa shape index (κ3) is 4.97. The second-order valence-electron chi connectivity index (χ2n) is 7.83. The first-order valence-electron chi connectivity index (χ1n) is 10.3. The van der Waals surface area contributed by atoms with E-state index in [-0.39, 0.29) is 11.6 Å². The van der Waals surface area contributed by atoms with E-state index >= 15 is 0 Å². The van der Waals surface area contributed by atoms with Gasteiger partial charge in [0.15, 0.2) is 11.5 Å². The summed E-state index contributed by atoms with van der Waals surface area (Å²) in [7, 11) is 0. The molecule has 2 heterocycles. The SMILES string of the molecule is Cc1ccc(NC(=O)c2ccc(N3CCC(Cc4ccccc4)CC3)nn2)c(Cl)c1. The zero-order valence-electron chi connectivity index (χ0n) is 17.0. The minimum absolute atomic E-state index is 0.273. The quantitative estimate of drug-likeness (QED) is 0.620. The third-order valence-corrected chi connectivity index (χ3v) is 5.87. The van der Waals surface area contributed by atoms with Crippen LogP contribution >= 0.6 is 11.6 Å². The summed E-state index contributed by atoms with van der Waals surface area (Å²) in [5, 5.41) is 11.7. The van der Waals surface area contributed by atoms with Crippen LogP contribution in [-0.2, 0) is 6.42 Å². The molecule has 0 bridgehead atoms. The first-order chi connectivity index (χ1) is 14.6. The molecule has 5 nitrogen and oxygen atoms in total. The summed E-state index contributed by atoms with van der Waals surface area (Å²) in [5.74, 6) is 1.19. The van der Waals surface area contributed by atoms with Gasteiger partial charge in [0.1, 0.15) is 0 Å². The molecule has 1 fully saturated rings. The Hall–Kier alpha value is -2.92. The van der Waals surface area contributed by atoms with E-state index in [0.29, 0.717) is 16.6 Å². The highest BCUT2D eigenvalue weighted by Crippen LogP contribution is 2.25. The third-order valence-electron chi connectivity index (χ3n) is 5.56. The molecule has 4 rings (SSSR count). The summed E-state index contributed by atoms with van der Waals surface area (Å²) in [6.45, 7) is 3.86. The van der Waals surface area contributed by atoms with Gasteiger partial charge in [-0.3, -0.25) is 4.79 Å². The summed E-state index contributed by atoms with van der Waals surface area (Å²) >= 11 is 6.19. The average molecular weight is 421 g/mol. The number of rotatable bonds is 5. The predicted molar refractivity (Wildman–Crippen MR) is 121 cm³/mol. The van der Waals surface area contributed by atoms with Gasteiger partial charge in [0.05, 0.1) is 10.7 Å². The molecule has 0 atom stereocenters. The van der Waals surface area contributed by atoms with Crippen LogP contribution in [0.25, 0.3) is 0 Å². The van der Waals surface area contributed by atoms with Gasteiger partial charge in [0.2, 0.25) is 0 Å². The molecular weight excluding hydrogens is 396 g/mol. The molecule has 154 valence electrons. The normalized spacial score (nSPS) is 14.5. The number of carbonyl (C=O) groups is 1. The van der Waals surface area contributed by atoms with Gasteiger partial charge in [0, 0.05) is 13.1 Å². The van der Waals surface area contributed by atoms with Crippen molar-refractivity contribution in [2.24, 2.45) is 5.92 Å². The number of benzene rings is 2. The van der Waals surface area contributed by atoms with Gasteiger partial charge in [-0.2, -0.15) is 0 Å². The molecule has 2 aromatic carbocycles. The fourth-order valence-corrected chi connectivity index (χ4v) is 4.12. The Labute approximate surface area is 182 Å². The van der Waals surface area contributed by atoms with Crippen LogP contribution in [0, 0.1) is 12.8 Å². The molecular formula is C24H25ClN4O. The number of aryl methyl sites for hydroxylation is 1. The molecule has 0 unspecified atom stereocenters. The fraction of sp³-hybridized carbons (Fsp3) is 0.292. The number of aromatic nitrogens is 2. The largest absolute Gasteiger partial charge is 0.355 e. The first-order valence-corrected chi connectivity index (χ1v) is 10.7. The highest BCUT2D eigenvalue weighted by molar-refractivity contribution is 6.34. The van der Waals surface area contributed by atoms with Gasteiger partial charge in [-0.25, -0.2) is 0 Å². The van der Waals surface area contributed by atoms with Crippen molar-refractivity contribution in [1.29, 1.82) is 0 Å². The van der Waals surface area contributed by atoms with Gasteiger partial charge < -0.3 is 10.2 Å². The van der Waals surface area contributed by atoms with Gasteiger partial charge in [-0.05, 0) is 67.5 Å². The fourth-order valence-electron chi connectivity index (χ4n) is 3.84. The summed E-state index contributed by atoms with van der Waals surface area (Å²) in [5.41, 5.74) is 3.28. The lowest BCUT2D eigenvalue weighted by Gasteiger charge is -2.32. The van der Waals surface area contributed by atoms with Crippen molar-refractivity contribution in [3.05, 3.63) is 82.5 Å². The van der Waals surface area contributed by atoms with Crippen molar-refractivity contribution in [1.82, 2.24) is 10.2 Å². The monoisotopic (exact) mass is 420 g/mol. The molecule has 6 heteroatoms. The van der Waals surface area contributed by atoms with Crippen molar-refractivity contribution in [2.75, 3.05) is 23.3 Å². The van der Waals surface area contributed by atoms with Crippen LogP contribution < -0.4 is 10.2 Å². The van der Waals surface area contributed by atoms with Crippen molar-refractivity contribution in [3.8, 4) is 0 Å². The second kappa shape index (κ2) is 9.26. The maximum atomic E-state index is 12.5. The Morgan fingerprint density at radius 1 is 1.07 bits per heavy atom. The number of anilines is 2. The van der Waals surface area contributed by atoms with Crippen molar-refractivity contribution >= 4 is 29.0 Å². The number of amides is 1. The van der Waals surface area contributed by atoms with Crippen LogP contribution in [0.5, 0.6) is 0 Å². The molecule has 30 heavy (non-hydrogen) atoms. The van der Waals surface area contributed by atoms with Crippen molar-refractivity contribution < 1.29 is 4.79 Å². The maximum Gasteiger partial charge on any atom is 0.276 e. The van der Waals surface area contributed by atoms with Gasteiger partial charge >= 0.3 is 0 Å². The van der Waals surface area contributed by atoms with Gasteiger partial charge in [0.25, 0.3) is 5.91 Å². The molecule has 1 aromatic heterocycles. The van der Waals surface area contributed by atoms with E-state index in [1.54, 1.807) is 12.1 Å². The lowest BCUT2D eigenvalue weighted by atomic mass is 9.90. The Kier molecular flexibility index (Phi) is 6.29. The molecule has 1 saturated heterocycles. The predicted octanol–water partition coefficient (Wildman–Crippen LogP) is 5.15. The number of halogens is 1. The topological polar surface area (TPSA) is 58.1 Å². The number of carbonyl (C=O) groups excluding carboxylic acids is 1. The van der Waals surface area contributed by atoms with Crippen LogP contribution in [0.2, 0.25) is 5.02 Å². The van der Waals surface area contributed by atoms with Crippen LogP contribution in [0.3, 0.4) is 0 Å². The van der Waals surface area contributed by atoms with Crippen LogP contribution in [0.15, 0.2) is 60.7 Å². The molecule has 1 aliphatic heterocycles. The maximum absolute atomic E-state index is 12.5. The summed E-state index contributed by atoms with van der Waals surface area (Å²) < 4.78 is 0. The van der Waals surface area contributed by atoms with Crippen LogP contribution in [0.4, 0.5) is 11.5 Å². The number of hydrogen-bond donors (Lipinski definition) is 1. The van der Waals surface area contributed by atoms with Crippen molar-refractivity contribution in [2.45, 2.75) is 26.2 Å². The van der Waals surface area contributed by atoms with Gasteiger partial charge in [-0.15, -0.1) is 10.2 Å². The Bertz CT molecular complexity index is 999. The first kappa shape index (κ1) is 20.4. The molecule has 1 N–H and O–H groups in total. The van der Waals surface area contributed by atoms with E-state index in [1.807, 2.05) is 25.1 Å². The molecule has 0 aliphatic carbocycles. The minimum Gasteiger partial charge on any atom is -0.355 e. The lowest BCUT2D eigenvalue weighted by Crippen LogP contribution is -2.35. The number of nitrogens with one attached hydrogen (secondary N) is 1.